The second-order valence-electron chi connectivity index (χ2n) is 4.17. The van der Waals surface area contributed by atoms with E-state index in [9.17, 15) is 9.59 Å². The average molecular weight is 440 g/mol. The van der Waals surface area contributed by atoms with Crippen LogP contribution in [0.5, 0.6) is 0 Å². The lowest BCUT2D eigenvalue weighted by Gasteiger charge is -2.11. The summed E-state index contributed by atoms with van der Waals surface area (Å²) in [5.74, 6) is 0.143. The monoisotopic (exact) mass is 440 g/mol. The minimum atomic E-state index is -0.643. The quantitative estimate of drug-likeness (QED) is 0.252. The van der Waals surface area contributed by atoms with Gasteiger partial charge in [-0.1, -0.05) is 0 Å². The molecule has 9 heteroatoms. The number of rotatable bonds is 9. The van der Waals surface area contributed by atoms with Crippen LogP contribution in [0.25, 0.3) is 0 Å². The standard InChI is InChI=1S/C12H17IN4O2S2/c13-17-10(12(16)19)6-21-8-3-1-7(2-4-8)20-5-9(14)11(15)18/h1-4,9-10,17H,5-6,14H2,(H2,15,18)(H2,16,19). The van der Waals surface area contributed by atoms with Gasteiger partial charge in [-0.3, -0.25) is 9.59 Å². The molecule has 0 aliphatic heterocycles. The first-order valence-corrected chi connectivity index (χ1v) is 9.05. The van der Waals surface area contributed by atoms with Gasteiger partial charge in [0.2, 0.25) is 11.8 Å². The van der Waals surface area contributed by atoms with Gasteiger partial charge in [0.25, 0.3) is 0 Å². The van der Waals surface area contributed by atoms with Crippen LogP contribution >= 0.6 is 46.4 Å². The summed E-state index contributed by atoms with van der Waals surface area (Å²) in [4.78, 5) is 24.0. The average Bonchev–Trinajstić information content (AvgIpc) is 2.46. The highest BCUT2D eigenvalue weighted by Gasteiger charge is 2.13. The molecule has 2 amide bonds. The van der Waals surface area contributed by atoms with Crippen LogP contribution in [0.4, 0.5) is 0 Å². The molecule has 1 aromatic carbocycles. The molecular weight excluding hydrogens is 423 g/mol. The Kier molecular flexibility index (Phi) is 8.41. The molecular formula is C12H17IN4O2S2. The normalized spacial score (nSPS) is 13.6. The molecule has 0 aliphatic carbocycles. The van der Waals surface area contributed by atoms with Crippen molar-refractivity contribution in [2.75, 3.05) is 11.5 Å². The summed E-state index contributed by atoms with van der Waals surface area (Å²) in [5, 5.41) is 0. The molecule has 0 aromatic heterocycles. The van der Waals surface area contributed by atoms with Crippen molar-refractivity contribution < 1.29 is 9.59 Å². The van der Waals surface area contributed by atoms with E-state index in [-0.39, 0.29) is 11.9 Å². The fourth-order valence-corrected chi connectivity index (χ4v) is 3.87. The first-order valence-electron chi connectivity index (χ1n) is 6.00. The van der Waals surface area contributed by atoms with Crippen LogP contribution in [0, 0.1) is 0 Å². The zero-order chi connectivity index (χ0) is 15.8. The van der Waals surface area contributed by atoms with Gasteiger partial charge in [-0.2, -0.15) is 0 Å². The summed E-state index contributed by atoms with van der Waals surface area (Å²) in [7, 11) is 0. The Labute approximate surface area is 145 Å². The number of amides is 2. The Morgan fingerprint density at radius 2 is 1.52 bits per heavy atom. The van der Waals surface area contributed by atoms with Gasteiger partial charge in [-0.05, 0) is 24.3 Å². The van der Waals surface area contributed by atoms with E-state index in [1.165, 1.54) is 11.8 Å². The van der Waals surface area contributed by atoms with Crippen LogP contribution < -0.4 is 20.7 Å². The Hall–Kier alpha value is -0.490. The number of primary amides is 2. The van der Waals surface area contributed by atoms with Crippen LogP contribution in [0.1, 0.15) is 0 Å². The minimum absolute atomic E-state index is 0.363. The highest BCUT2D eigenvalue weighted by atomic mass is 127. The van der Waals surface area contributed by atoms with E-state index in [2.05, 4.69) is 3.53 Å². The number of carbonyl (C=O) groups excluding carboxylic acids is 2. The number of nitrogens with one attached hydrogen (secondary N) is 1. The van der Waals surface area contributed by atoms with Gasteiger partial charge in [0, 0.05) is 44.2 Å². The topological polar surface area (TPSA) is 124 Å². The predicted molar refractivity (Wildman–Crippen MR) is 95.2 cm³/mol. The molecule has 0 aliphatic rings. The maximum atomic E-state index is 11.1. The van der Waals surface area contributed by atoms with E-state index >= 15 is 0 Å². The third-order valence-electron chi connectivity index (χ3n) is 2.51. The lowest BCUT2D eigenvalue weighted by molar-refractivity contribution is -0.119. The molecule has 0 fully saturated rings. The molecule has 0 spiro atoms. The highest BCUT2D eigenvalue weighted by molar-refractivity contribution is 14.1. The summed E-state index contributed by atoms with van der Waals surface area (Å²) in [6.07, 6.45) is 0. The van der Waals surface area contributed by atoms with Gasteiger partial charge in [0.1, 0.15) is 6.04 Å². The van der Waals surface area contributed by atoms with Crippen molar-refractivity contribution in [3.8, 4) is 0 Å². The lowest BCUT2D eigenvalue weighted by atomic mass is 10.3. The number of hydrogen-bond donors (Lipinski definition) is 4. The molecule has 21 heavy (non-hydrogen) atoms. The molecule has 2 unspecified atom stereocenters. The van der Waals surface area contributed by atoms with Gasteiger partial charge in [-0.25, -0.2) is 3.53 Å². The van der Waals surface area contributed by atoms with Gasteiger partial charge in [0.15, 0.2) is 0 Å². The SMILES string of the molecule is NC(=O)C(N)CSc1ccc(SCC(NI)C(N)=O)cc1. The molecule has 0 heterocycles. The van der Waals surface area contributed by atoms with Crippen LogP contribution in [0.2, 0.25) is 0 Å². The van der Waals surface area contributed by atoms with Crippen molar-refractivity contribution in [3.63, 3.8) is 0 Å². The van der Waals surface area contributed by atoms with Crippen LogP contribution in [0.15, 0.2) is 34.1 Å². The van der Waals surface area contributed by atoms with Gasteiger partial charge in [-0.15, -0.1) is 23.5 Å². The zero-order valence-electron chi connectivity index (χ0n) is 11.1. The number of benzene rings is 1. The predicted octanol–water partition coefficient (Wildman–Crippen LogP) is 0.477. The smallest absolute Gasteiger partial charge is 0.236 e. The summed E-state index contributed by atoms with van der Waals surface area (Å²) < 4.78 is 2.84. The van der Waals surface area contributed by atoms with Crippen molar-refractivity contribution in [2.45, 2.75) is 21.9 Å². The number of carbonyl (C=O) groups is 2. The van der Waals surface area contributed by atoms with Gasteiger partial charge < -0.3 is 17.2 Å². The number of nitrogens with two attached hydrogens (primary N) is 3. The van der Waals surface area contributed by atoms with Crippen molar-refractivity contribution in [3.05, 3.63) is 24.3 Å². The summed E-state index contributed by atoms with van der Waals surface area (Å²) in [5.41, 5.74) is 15.9. The third kappa shape index (κ3) is 6.87. The molecule has 7 N–H and O–H groups in total. The van der Waals surface area contributed by atoms with E-state index in [1.54, 1.807) is 11.8 Å². The van der Waals surface area contributed by atoms with Crippen molar-refractivity contribution in [1.29, 1.82) is 0 Å². The molecule has 0 radical (unpaired) electrons. The minimum Gasteiger partial charge on any atom is -0.368 e. The number of hydrogen-bond acceptors (Lipinski definition) is 6. The second kappa shape index (κ2) is 9.51. The van der Waals surface area contributed by atoms with Crippen LogP contribution in [-0.4, -0.2) is 35.4 Å². The van der Waals surface area contributed by atoms with E-state index < -0.39 is 11.9 Å². The van der Waals surface area contributed by atoms with E-state index in [0.29, 0.717) is 11.5 Å². The number of halogens is 1. The zero-order valence-corrected chi connectivity index (χ0v) is 14.9. The van der Waals surface area contributed by atoms with Crippen LogP contribution in [-0.2, 0) is 9.59 Å². The molecule has 116 valence electrons. The van der Waals surface area contributed by atoms with Gasteiger partial charge in [0.05, 0.1) is 6.04 Å². The second-order valence-corrected chi connectivity index (χ2v) is 6.98. The largest absolute Gasteiger partial charge is 0.368 e. The highest BCUT2D eigenvalue weighted by Crippen LogP contribution is 2.24. The Morgan fingerprint density at radius 1 is 1.05 bits per heavy atom. The molecule has 0 saturated carbocycles. The molecule has 6 nitrogen and oxygen atoms in total. The van der Waals surface area contributed by atoms with E-state index in [1.807, 2.05) is 47.1 Å². The maximum absolute atomic E-state index is 11.1. The Balaban J connectivity index is 2.47. The Bertz CT molecular complexity index is 487. The first kappa shape index (κ1) is 18.6. The molecule has 0 bridgehead atoms. The van der Waals surface area contributed by atoms with E-state index in [4.69, 9.17) is 17.2 Å². The van der Waals surface area contributed by atoms with Crippen LogP contribution in [0.3, 0.4) is 0 Å². The summed E-state index contributed by atoms with van der Waals surface area (Å²) in [6, 6.07) is 6.78. The third-order valence-corrected chi connectivity index (χ3v) is 5.50. The fourth-order valence-electron chi connectivity index (χ4n) is 1.25. The van der Waals surface area contributed by atoms with E-state index in [0.717, 1.165) is 9.79 Å². The number of thioether (sulfide) groups is 2. The Morgan fingerprint density at radius 3 is 1.90 bits per heavy atom. The first-order chi connectivity index (χ1) is 9.93. The van der Waals surface area contributed by atoms with Gasteiger partial charge >= 0.3 is 0 Å². The van der Waals surface area contributed by atoms with Crippen molar-refractivity contribution in [1.82, 2.24) is 3.53 Å². The van der Waals surface area contributed by atoms with Crippen molar-refractivity contribution in [2.24, 2.45) is 17.2 Å². The molecule has 2 atom stereocenters. The fraction of sp³-hybridized carbons (Fsp3) is 0.333. The molecule has 1 rings (SSSR count). The van der Waals surface area contributed by atoms with Crippen molar-refractivity contribution >= 4 is 58.2 Å². The lowest BCUT2D eigenvalue weighted by Crippen LogP contribution is -2.38. The maximum Gasteiger partial charge on any atom is 0.236 e. The summed E-state index contributed by atoms with van der Waals surface area (Å²) in [6.45, 7) is 0. The summed E-state index contributed by atoms with van der Waals surface area (Å²) >= 11 is 4.94. The molecule has 1 aromatic rings. The molecule has 0 saturated heterocycles.